The molecule has 1 atom stereocenters. The summed E-state index contributed by atoms with van der Waals surface area (Å²) in [5.41, 5.74) is 1.07. The van der Waals surface area contributed by atoms with Crippen molar-refractivity contribution in [3.8, 4) is 0 Å². The van der Waals surface area contributed by atoms with E-state index in [1.165, 1.54) is 0 Å². The molecule has 0 aromatic carbocycles. The highest BCUT2D eigenvalue weighted by Gasteiger charge is 2.14. The summed E-state index contributed by atoms with van der Waals surface area (Å²) in [6.07, 6.45) is 4.60. The second-order valence-electron chi connectivity index (χ2n) is 4.62. The monoisotopic (exact) mass is 238 g/mol. The molecule has 0 bridgehead atoms. The van der Waals surface area contributed by atoms with Crippen LogP contribution in [0, 0.1) is 6.92 Å². The molecule has 1 unspecified atom stereocenters. The van der Waals surface area contributed by atoms with Crippen LogP contribution >= 0.6 is 0 Å². The van der Waals surface area contributed by atoms with E-state index >= 15 is 0 Å². The lowest BCUT2D eigenvalue weighted by atomic mass is 10.3. The van der Waals surface area contributed by atoms with E-state index in [-0.39, 0.29) is 11.9 Å². The van der Waals surface area contributed by atoms with Crippen molar-refractivity contribution in [1.29, 1.82) is 0 Å². The molecule has 0 radical (unpaired) electrons. The van der Waals surface area contributed by atoms with Crippen LogP contribution in [0.2, 0.25) is 0 Å². The van der Waals surface area contributed by atoms with Crippen molar-refractivity contribution in [2.45, 2.75) is 26.3 Å². The van der Waals surface area contributed by atoms with Crippen molar-refractivity contribution in [3.63, 3.8) is 0 Å². The Morgan fingerprint density at radius 1 is 1.59 bits per heavy atom. The number of carbonyl (C=O) groups excluding carboxylic acids is 1. The summed E-state index contributed by atoms with van der Waals surface area (Å²) in [5.74, 6) is 0.0202. The summed E-state index contributed by atoms with van der Waals surface area (Å²) in [4.78, 5) is 13.9. The maximum atomic E-state index is 11.8. The minimum absolute atomic E-state index is 0.0202. The van der Waals surface area contributed by atoms with Gasteiger partial charge in [0.05, 0.1) is 6.20 Å². The quantitative estimate of drug-likeness (QED) is 0.747. The van der Waals surface area contributed by atoms with Gasteiger partial charge in [-0.25, -0.2) is 0 Å². The van der Waals surface area contributed by atoms with Gasteiger partial charge in [-0.3, -0.25) is 9.48 Å². The molecule has 1 N–H and O–H groups in total. The topological polar surface area (TPSA) is 50.2 Å². The number of rotatable bonds is 6. The molecule has 1 aromatic heterocycles. The minimum atomic E-state index is -0.247. The van der Waals surface area contributed by atoms with Crippen molar-refractivity contribution in [2.75, 3.05) is 27.2 Å². The molecule has 17 heavy (non-hydrogen) atoms. The Balaban J connectivity index is 2.32. The highest BCUT2D eigenvalue weighted by molar-refractivity contribution is 5.79. The summed E-state index contributed by atoms with van der Waals surface area (Å²) in [5, 5.41) is 7.06. The first-order valence-electron chi connectivity index (χ1n) is 5.94. The third-order valence-corrected chi connectivity index (χ3v) is 2.59. The lowest BCUT2D eigenvalue weighted by Crippen LogP contribution is -2.33. The standard InChI is InChI=1S/C12H22N4O/c1-10-8-14-16(9-10)11(2)12(17)13-6-5-7-15(3)4/h8-9,11H,5-7H2,1-4H3,(H,13,17). The Kier molecular flexibility index (Phi) is 5.15. The molecule has 0 saturated carbocycles. The number of carbonyl (C=O) groups is 1. The van der Waals surface area contributed by atoms with Gasteiger partial charge in [0.25, 0.3) is 0 Å². The third kappa shape index (κ3) is 4.56. The van der Waals surface area contributed by atoms with Gasteiger partial charge in [-0.2, -0.15) is 5.10 Å². The molecule has 5 heteroatoms. The Morgan fingerprint density at radius 3 is 2.82 bits per heavy atom. The van der Waals surface area contributed by atoms with E-state index in [4.69, 9.17) is 0 Å². The molecule has 1 aromatic rings. The zero-order valence-corrected chi connectivity index (χ0v) is 11.1. The summed E-state index contributed by atoms with van der Waals surface area (Å²) in [6.45, 7) is 5.51. The van der Waals surface area contributed by atoms with Crippen LogP contribution in [0.1, 0.15) is 24.9 Å². The lowest BCUT2D eigenvalue weighted by molar-refractivity contribution is -0.124. The highest BCUT2D eigenvalue weighted by atomic mass is 16.2. The van der Waals surface area contributed by atoms with Gasteiger partial charge in [-0.1, -0.05) is 0 Å². The average molecular weight is 238 g/mol. The van der Waals surface area contributed by atoms with E-state index in [0.717, 1.165) is 18.5 Å². The van der Waals surface area contributed by atoms with Crippen LogP contribution in [0.25, 0.3) is 0 Å². The van der Waals surface area contributed by atoms with Crippen LogP contribution in [-0.4, -0.2) is 47.8 Å². The second kappa shape index (κ2) is 6.39. The predicted molar refractivity (Wildman–Crippen MR) is 67.9 cm³/mol. The van der Waals surface area contributed by atoms with Crippen LogP contribution in [-0.2, 0) is 4.79 Å². The molecule has 0 aliphatic heterocycles. The van der Waals surface area contributed by atoms with Gasteiger partial charge in [0.2, 0.25) is 5.91 Å². The van der Waals surface area contributed by atoms with Crippen molar-refractivity contribution in [2.24, 2.45) is 0 Å². The van der Waals surface area contributed by atoms with E-state index in [2.05, 4.69) is 15.3 Å². The largest absolute Gasteiger partial charge is 0.354 e. The number of aryl methyl sites for hydroxylation is 1. The van der Waals surface area contributed by atoms with Crippen molar-refractivity contribution in [1.82, 2.24) is 20.0 Å². The lowest BCUT2D eigenvalue weighted by Gasteiger charge is -2.13. The SMILES string of the molecule is Cc1cnn(C(C)C(=O)NCCCN(C)C)c1. The third-order valence-electron chi connectivity index (χ3n) is 2.59. The fourth-order valence-electron chi connectivity index (χ4n) is 1.52. The van der Waals surface area contributed by atoms with E-state index < -0.39 is 0 Å². The zero-order chi connectivity index (χ0) is 12.8. The fourth-order valence-corrected chi connectivity index (χ4v) is 1.52. The van der Waals surface area contributed by atoms with Crippen molar-refractivity contribution >= 4 is 5.91 Å². The summed E-state index contributed by atoms with van der Waals surface area (Å²) in [7, 11) is 4.05. The first kappa shape index (κ1) is 13.7. The van der Waals surface area contributed by atoms with Crippen molar-refractivity contribution < 1.29 is 4.79 Å². The fraction of sp³-hybridized carbons (Fsp3) is 0.667. The van der Waals surface area contributed by atoms with Gasteiger partial charge in [0.15, 0.2) is 0 Å². The molecular formula is C12H22N4O. The molecule has 0 fully saturated rings. The summed E-state index contributed by atoms with van der Waals surface area (Å²) >= 11 is 0. The van der Waals surface area contributed by atoms with Crippen molar-refractivity contribution in [3.05, 3.63) is 18.0 Å². The van der Waals surface area contributed by atoms with Gasteiger partial charge < -0.3 is 10.2 Å². The average Bonchev–Trinajstić information content (AvgIpc) is 2.69. The number of aromatic nitrogens is 2. The Morgan fingerprint density at radius 2 is 2.29 bits per heavy atom. The van der Waals surface area contributed by atoms with Crippen LogP contribution in [0.3, 0.4) is 0 Å². The molecule has 5 nitrogen and oxygen atoms in total. The number of nitrogens with zero attached hydrogens (tertiary/aromatic N) is 3. The molecule has 1 heterocycles. The Hall–Kier alpha value is -1.36. The normalized spacial score (nSPS) is 12.8. The highest BCUT2D eigenvalue weighted by Crippen LogP contribution is 2.05. The van der Waals surface area contributed by atoms with Crippen LogP contribution in [0.4, 0.5) is 0 Å². The van der Waals surface area contributed by atoms with Gasteiger partial charge in [-0.05, 0) is 46.5 Å². The molecular weight excluding hydrogens is 216 g/mol. The van der Waals surface area contributed by atoms with E-state index in [1.54, 1.807) is 10.9 Å². The molecule has 0 aliphatic rings. The molecule has 1 amide bonds. The van der Waals surface area contributed by atoms with Gasteiger partial charge in [-0.15, -0.1) is 0 Å². The predicted octanol–water partition coefficient (Wildman–Crippen LogP) is 0.820. The van der Waals surface area contributed by atoms with Gasteiger partial charge in [0, 0.05) is 12.7 Å². The smallest absolute Gasteiger partial charge is 0.244 e. The van der Waals surface area contributed by atoms with Gasteiger partial charge >= 0.3 is 0 Å². The zero-order valence-electron chi connectivity index (χ0n) is 11.1. The number of amides is 1. The molecule has 0 aliphatic carbocycles. The van der Waals surface area contributed by atoms with E-state index in [9.17, 15) is 4.79 Å². The first-order chi connectivity index (χ1) is 8.00. The maximum absolute atomic E-state index is 11.8. The molecule has 0 spiro atoms. The molecule has 0 saturated heterocycles. The van der Waals surface area contributed by atoms with Gasteiger partial charge in [0.1, 0.15) is 6.04 Å². The summed E-state index contributed by atoms with van der Waals surface area (Å²) < 4.78 is 1.69. The molecule has 1 rings (SSSR count). The molecule has 96 valence electrons. The Labute approximate surface area is 103 Å². The number of nitrogens with one attached hydrogen (secondary N) is 1. The van der Waals surface area contributed by atoms with Crippen LogP contribution in [0.15, 0.2) is 12.4 Å². The van der Waals surface area contributed by atoms with Crippen LogP contribution < -0.4 is 5.32 Å². The second-order valence-corrected chi connectivity index (χ2v) is 4.62. The maximum Gasteiger partial charge on any atom is 0.244 e. The van der Waals surface area contributed by atoms with E-state index in [1.807, 2.05) is 34.1 Å². The minimum Gasteiger partial charge on any atom is -0.354 e. The Bertz CT molecular complexity index is 359. The first-order valence-corrected chi connectivity index (χ1v) is 5.94. The summed E-state index contributed by atoms with van der Waals surface area (Å²) in [6, 6.07) is -0.247. The van der Waals surface area contributed by atoms with Crippen LogP contribution in [0.5, 0.6) is 0 Å². The number of hydrogen-bond acceptors (Lipinski definition) is 3. The number of hydrogen-bond donors (Lipinski definition) is 1. The van der Waals surface area contributed by atoms with E-state index in [0.29, 0.717) is 6.54 Å².